The Morgan fingerprint density at radius 3 is 2.55 bits per heavy atom. The van der Waals surface area contributed by atoms with Gasteiger partial charge in [-0.3, -0.25) is 14.5 Å². The molecule has 1 aliphatic rings. The van der Waals surface area contributed by atoms with Crippen molar-refractivity contribution < 1.29 is 9.59 Å². The Morgan fingerprint density at radius 2 is 1.76 bits per heavy atom. The molecule has 5 nitrogen and oxygen atoms in total. The molecule has 0 spiro atoms. The normalized spacial score (nSPS) is 14.8. The minimum atomic E-state index is -0.0184. The van der Waals surface area contributed by atoms with Crippen LogP contribution in [0, 0.1) is 0 Å². The third kappa shape index (κ3) is 4.83. The summed E-state index contributed by atoms with van der Waals surface area (Å²) in [4.78, 5) is 29.0. The zero-order valence-electron chi connectivity index (χ0n) is 16.3. The molecule has 6 heteroatoms. The summed E-state index contributed by atoms with van der Waals surface area (Å²) >= 11 is 1.52. The number of hydrogen-bond acceptors (Lipinski definition) is 4. The van der Waals surface area contributed by atoms with Gasteiger partial charge >= 0.3 is 0 Å². The number of nitrogens with zero attached hydrogens (tertiary/aromatic N) is 2. The third-order valence-corrected chi connectivity index (χ3v) is 6.13. The van der Waals surface area contributed by atoms with Crippen LogP contribution in [0.15, 0.2) is 59.3 Å². The molecule has 1 fully saturated rings. The van der Waals surface area contributed by atoms with Gasteiger partial charge in [-0.15, -0.1) is 0 Å². The van der Waals surface area contributed by atoms with Crippen LogP contribution < -0.4 is 5.32 Å². The van der Waals surface area contributed by atoms with Gasteiger partial charge in [-0.25, -0.2) is 0 Å². The van der Waals surface area contributed by atoms with E-state index in [1.54, 1.807) is 0 Å². The van der Waals surface area contributed by atoms with Crippen molar-refractivity contribution in [1.29, 1.82) is 0 Å². The largest absolute Gasteiger partial charge is 0.351 e. The lowest BCUT2D eigenvalue weighted by Crippen LogP contribution is -2.50. The quantitative estimate of drug-likeness (QED) is 0.683. The molecule has 0 atom stereocenters. The van der Waals surface area contributed by atoms with Gasteiger partial charge in [-0.05, 0) is 27.8 Å². The van der Waals surface area contributed by atoms with E-state index >= 15 is 0 Å². The first-order chi connectivity index (χ1) is 14.2. The second kappa shape index (κ2) is 9.20. The molecule has 29 heavy (non-hydrogen) atoms. The SMILES string of the molecule is O=C(NCCN1CCN(C(=O)Cc2cccc3ccccc23)CC1)c1ccsc1. The van der Waals surface area contributed by atoms with Crippen molar-refractivity contribution >= 4 is 33.9 Å². The minimum Gasteiger partial charge on any atom is -0.351 e. The van der Waals surface area contributed by atoms with Gasteiger partial charge in [0.05, 0.1) is 6.42 Å². The minimum absolute atomic E-state index is 0.0184. The Kier molecular flexibility index (Phi) is 6.22. The lowest BCUT2D eigenvalue weighted by Gasteiger charge is -2.34. The smallest absolute Gasteiger partial charge is 0.252 e. The topological polar surface area (TPSA) is 52.7 Å². The van der Waals surface area contributed by atoms with Crippen LogP contribution in [0.4, 0.5) is 0 Å². The lowest BCUT2D eigenvalue weighted by molar-refractivity contribution is -0.132. The van der Waals surface area contributed by atoms with E-state index < -0.39 is 0 Å². The average Bonchev–Trinajstić information content (AvgIpc) is 3.29. The highest BCUT2D eigenvalue weighted by molar-refractivity contribution is 7.08. The van der Waals surface area contributed by atoms with E-state index in [1.165, 1.54) is 16.7 Å². The molecule has 0 unspecified atom stereocenters. The Labute approximate surface area is 174 Å². The highest BCUT2D eigenvalue weighted by Crippen LogP contribution is 2.19. The maximum Gasteiger partial charge on any atom is 0.252 e. The fraction of sp³-hybridized carbons (Fsp3) is 0.304. The summed E-state index contributed by atoms with van der Waals surface area (Å²) in [5, 5.41) is 9.05. The molecule has 3 aromatic rings. The summed E-state index contributed by atoms with van der Waals surface area (Å²) in [7, 11) is 0. The van der Waals surface area contributed by atoms with Crippen LogP contribution in [0.5, 0.6) is 0 Å². The molecule has 1 saturated heterocycles. The van der Waals surface area contributed by atoms with Gasteiger partial charge in [-0.2, -0.15) is 11.3 Å². The van der Waals surface area contributed by atoms with Gasteiger partial charge < -0.3 is 10.2 Å². The van der Waals surface area contributed by atoms with E-state index in [1.807, 2.05) is 46.0 Å². The van der Waals surface area contributed by atoms with E-state index in [4.69, 9.17) is 0 Å². The lowest BCUT2D eigenvalue weighted by atomic mass is 10.0. The molecule has 0 radical (unpaired) electrons. The number of carbonyl (C=O) groups is 2. The van der Waals surface area contributed by atoms with Gasteiger partial charge in [0.2, 0.25) is 5.91 Å². The van der Waals surface area contributed by atoms with Crippen LogP contribution in [0.3, 0.4) is 0 Å². The number of amides is 2. The first-order valence-electron chi connectivity index (χ1n) is 9.98. The molecule has 1 aromatic heterocycles. The Bertz CT molecular complexity index is 973. The van der Waals surface area contributed by atoms with Crippen LogP contribution in [-0.2, 0) is 11.2 Å². The first-order valence-corrected chi connectivity index (χ1v) is 10.9. The van der Waals surface area contributed by atoms with Crippen LogP contribution in [0.1, 0.15) is 15.9 Å². The van der Waals surface area contributed by atoms with E-state index in [0.717, 1.165) is 49.2 Å². The number of rotatable bonds is 6. The van der Waals surface area contributed by atoms with Crippen LogP contribution in [-0.4, -0.2) is 60.9 Å². The second-order valence-corrected chi connectivity index (χ2v) is 8.09. The molecule has 0 bridgehead atoms. The van der Waals surface area contributed by atoms with E-state index in [0.29, 0.717) is 13.0 Å². The summed E-state index contributed by atoms with van der Waals surface area (Å²) in [6.07, 6.45) is 0.443. The second-order valence-electron chi connectivity index (χ2n) is 7.31. The number of piperazine rings is 1. The Morgan fingerprint density at radius 1 is 0.966 bits per heavy atom. The van der Waals surface area contributed by atoms with Crippen molar-refractivity contribution in [2.45, 2.75) is 6.42 Å². The van der Waals surface area contributed by atoms with Crippen LogP contribution >= 0.6 is 11.3 Å². The fourth-order valence-electron chi connectivity index (χ4n) is 3.77. The molecule has 4 rings (SSSR count). The van der Waals surface area contributed by atoms with E-state index in [2.05, 4.69) is 28.4 Å². The monoisotopic (exact) mass is 407 g/mol. The molecule has 0 saturated carbocycles. The number of nitrogens with one attached hydrogen (secondary N) is 1. The molecule has 1 N–H and O–H groups in total. The number of benzene rings is 2. The molecular weight excluding hydrogens is 382 g/mol. The standard InChI is InChI=1S/C23H25N3O2S/c27-22(16-19-6-3-5-18-4-1-2-7-21(18)19)26-13-11-25(12-14-26)10-9-24-23(28)20-8-15-29-17-20/h1-8,15,17H,9-14,16H2,(H,24,28). The molecule has 2 amide bonds. The summed E-state index contributed by atoms with van der Waals surface area (Å²) in [5.74, 6) is 0.168. The van der Waals surface area contributed by atoms with Crippen molar-refractivity contribution in [2.24, 2.45) is 0 Å². The van der Waals surface area contributed by atoms with E-state index in [-0.39, 0.29) is 11.8 Å². The van der Waals surface area contributed by atoms with Gasteiger partial charge in [0.1, 0.15) is 0 Å². The van der Waals surface area contributed by atoms with Crippen molar-refractivity contribution in [3.8, 4) is 0 Å². The van der Waals surface area contributed by atoms with Crippen molar-refractivity contribution in [3.05, 3.63) is 70.4 Å². The van der Waals surface area contributed by atoms with Gasteiger partial charge in [0, 0.05) is 50.2 Å². The highest BCUT2D eigenvalue weighted by Gasteiger charge is 2.21. The number of thiophene rings is 1. The molecular formula is C23H25N3O2S. The fourth-order valence-corrected chi connectivity index (χ4v) is 4.40. The maximum atomic E-state index is 12.8. The van der Waals surface area contributed by atoms with Gasteiger partial charge in [0.15, 0.2) is 0 Å². The average molecular weight is 408 g/mol. The predicted molar refractivity (Wildman–Crippen MR) is 117 cm³/mol. The number of fused-ring (bicyclic) bond motifs is 1. The van der Waals surface area contributed by atoms with Crippen LogP contribution in [0.25, 0.3) is 10.8 Å². The number of carbonyl (C=O) groups excluding carboxylic acids is 2. The summed E-state index contributed by atoms with van der Waals surface area (Å²) < 4.78 is 0. The van der Waals surface area contributed by atoms with Gasteiger partial charge in [0.25, 0.3) is 5.91 Å². The Balaban J connectivity index is 1.24. The zero-order valence-corrected chi connectivity index (χ0v) is 17.2. The van der Waals surface area contributed by atoms with Crippen LogP contribution in [0.2, 0.25) is 0 Å². The third-order valence-electron chi connectivity index (χ3n) is 5.44. The van der Waals surface area contributed by atoms with E-state index in [9.17, 15) is 9.59 Å². The van der Waals surface area contributed by atoms with Crippen molar-refractivity contribution in [2.75, 3.05) is 39.3 Å². The molecule has 0 aliphatic carbocycles. The van der Waals surface area contributed by atoms with Gasteiger partial charge in [-0.1, -0.05) is 42.5 Å². The molecule has 1 aliphatic heterocycles. The summed E-state index contributed by atoms with van der Waals surface area (Å²) in [6.45, 7) is 4.59. The van der Waals surface area contributed by atoms with Crippen molar-refractivity contribution in [3.63, 3.8) is 0 Å². The Hall–Kier alpha value is -2.70. The molecule has 2 heterocycles. The highest BCUT2D eigenvalue weighted by atomic mass is 32.1. The zero-order chi connectivity index (χ0) is 20.1. The molecule has 2 aromatic carbocycles. The molecule has 150 valence electrons. The summed E-state index contributed by atoms with van der Waals surface area (Å²) in [5.41, 5.74) is 1.81. The predicted octanol–water partition coefficient (Wildman–Crippen LogP) is 3.02. The summed E-state index contributed by atoms with van der Waals surface area (Å²) in [6, 6.07) is 16.2. The van der Waals surface area contributed by atoms with Crippen molar-refractivity contribution in [1.82, 2.24) is 15.1 Å². The number of hydrogen-bond donors (Lipinski definition) is 1. The maximum absolute atomic E-state index is 12.8. The first kappa shape index (κ1) is 19.6.